The molecule has 2 atom stereocenters. The summed E-state index contributed by atoms with van der Waals surface area (Å²) in [7, 11) is 0. The van der Waals surface area contributed by atoms with Gasteiger partial charge in [-0.25, -0.2) is 13.8 Å². The Labute approximate surface area is 125 Å². The number of anilines is 1. The number of alkyl halides is 2. The van der Waals surface area contributed by atoms with E-state index < -0.39 is 12.5 Å². The van der Waals surface area contributed by atoms with Crippen molar-refractivity contribution in [3.63, 3.8) is 0 Å². The van der Waals surface area contributed by atoms with E-state index in [1.54, 1.807) is 6.20 Å². The Morgan fingerprint density at radius 2 is 2.33 bits per heavy atom. The second-order valence-electron chi connectivity index (χ2n) is 5.19. The van der Waals surface area contributed by atoms with Gasteiger partial charge in [0.15, 0.2) is 5.13 Å². The minimum absolute atomic E-state index is 0.0291. The Morgan fingerprint density at radius 1 is 1.48 bits per heavy atom. The van der Waals surface area contributed by atoms with Gasteiger partial charge in [0, 0.05) is 24.7 Å². The molecule has 8 heteroatoms. The highest BCUT2D eigenvalue weighted by molar-refractivity contribution is 7.13. The average Bonchev–Trinajstić information content (AvgIpc) is 3.17. The predicted octanol–water partition coefficient (Wildman–Crippen LogP) is 1.60. The fourth-order valence-electron chi connectivity index (χ4n) is 2.85. The van der Waals surface area contributed by atoms with E-state index in [0.29, 0.717) is 6.54 Å². The van der Waals surface area contributed by atoms with Crippen molar-refractivity contribution in [1.29, 1.82) is 0 Å². The molecule has 2 aliphatic heterocycles. The van der Waals surface area contributed by atoms with Crippen molar-refractivity contribution < 1.29 is 18.3 Å². The van der Waals surface area contributed by atoms with Gasteiger partial charge >= 0.3 is 0 Å². The van der Waals surface area contributed by atoms with Crippen LogP contribution in [0, 0.1) is 0 Å². The second-order valence-corrected chi connectivity index (χ2v) is 6.07. The van der Waals surface area contributed by atoms with E-state index in [0.717, 1.165) is 24.5 Å². The minimum Gasteiger partial charge on any atom is -0.369 e. The van der Waals surface area contributed by atoms with Crippen molar-refractivity contribution in [3.8, 4) is 0 Å². The molecule has 1 aromatic heterocycles. The molecule has 116 valence electrons. The summed E-state index contributed by atoms with van der Waals surface area (Å²) in [5.41, 5.74) is 0. The first-order valence-electron chi connectivity index (χ1n) is 7.01. The number of ether oxygens (including phenoxy) is 1. The van der Waals surface area contributed by atoms with E-state index >= 15 is 0 Å². The van der Waals surface area contributed by atoms with Crippen LogP contribution in [0.15, 0.2) is 11.6 Å². The SMILES string of the molecule is O=C([C@H]1CCCN1c1nccs1)N1CCO[C@@H](C(F)F)C1. The van der Waals surface area contributed by atoms with E-state index in [9.17, 15) is 13.6 Å². The van der Waals surface area contributed by atoms with Gasteiger partial charge in [0.25, 0.3) is 6.43 Å². The van der Waals surface area contributed by atoms with Gasteiger partial charge in [-0.3, -0.25) is 4.79 Å². The number of hydrogen-bond acceptors (Lipinski definition) is 5. The number of hydrogen-bond donors (Lipinski definition) is 0. The van der Waals surface area contributed by atoms with Crippen LogP contribution in [0.4, 0.5) is 13.9 Å². The number of halogens is 2. The van der Waals surface area contributed by atoms with Gasteiger partial charge in [-0.15, -0.1) is 11.3 Å². The molecule has 0 bridgehead atoms. The standard InChI is InChI=1S/C13H17F2N3O2S/c14-11(15)10-8-17(5-6-20-10)12(19)9-2-1-4-18(9)13-16-3-7-21-13/h3,7,9-11H,1-2,4-6,8H2/t9-,10-/m1/s1. The predicted molar refractivity (Wildman–Crippen MR) is 74.8 cm³/mol. The highest BCUT2D eigenvalue weighted by Gasteiger charge is 2.38. The smallest absolute Gasteiger partial charge is 0.266 e. The first-order chi connectivity index (χ1) is 10.2. The van der Waals surface area contributed by atoms with E-state index in [2.05, 4.69) is 4.98 Å². The normalized spacial score (nSPS) is 26.6. The molecule has 2 saturated heterocycles. The molecule has 0 saturated carbocycles. The van der Waals surface area contributed by atoms with E-state index in [1.807, 2.05) is 10.3 Å². The molecule has 0 aliphatic carbocycles. The molecular weight excluding hydrogens is 300 g/mol. The zero-order chi connectivity index (χ0) is 14.8. The number of thiazole rings is 1. The number of amides is 1. The van der Waals surface area contributed by atoms with Crippen LogP contribution in [0.2, 0.25) is 0 Å². The van der Waals surface area contributed by atoms with Crippen molar-refractivity contribution in [2.75, 3.05) is 31.1 Å². The number of aromatic nitrogens is 1. The molecule has 0 spiro atoms. The summed E-state index contributed by atoms with van der Waals surface area (Å²) in [6, 6.07) is -0.285. The van der Waals surface area contributed by atoms with Gasteiger partial charge in [0.05, 0.1) is 13.2 Å². The molecule has 3 heterocycles. The van der Waals surface area contributed by atoms with Crippen LogP contribution in [0.5, 0.6) is 0 Å². The highest BCUT2D eigenvalue weighted by atomic mass is 32.1. The van der Waals surface area contributed by atoms with E-state index in [-0.39, 0.29) is 25.1 Å². The Morgan fingerprint density at radius 3 is 3.05 bits per heavy atom. The number of carbonyl (C=O) groups excluding carboxylic acids is 1. The summed E-state index contributed by atoms with van der Waals surface area (Å²) in [5.74, 6) is -0.0864. The van der Waals surface area contributed by atoms with Crippen molar-refractivity contribution in [2.45, 2.75) is 31.4 Å². The first kappa shape index (κ1) is 14.6. The lowest BCUT2D eigenvalue weighted by Crippen LogP contribution is -2.53. The molecule has 0 radical (unpaired) electrons. The fraction of sp³-hybridized carbons (Fsp3) is 0.692. The van der Waals surface area contributed by atoms with Crippen LogP contribution >= 0.6 is 11.3 Å². The molecule has 0 unspecified atom stereocenters. The Balaban J connectivity index is 1.69. The Bertz CT molecular complexity index is 486. The average molecular weight is 317 g/mol. The molecule has 3 rings (SSSR count). The second kappa shape index (κ2) is 6.23. The molecule has 1 amide bonds. The van der Waals surface area contributed by atoms with Gasteiger partial charge in [-0.2, -0.15) is 0 Å². The Kier molecular flexibility index (Phi) is 4.34. The summed E-state index contributed by atoms with van der Waals surface area (Å²) in [6.07, 6.45) is -0.355. The van der Waals surface area contributed by atoms with Crippen molar-refractivity contribution in [1.82, 2.24) is 9.88 Å². The van der Waals surface area contributed by atoms with E-state index in [4.69, 9.17) is 4.74 Å². The van der Waals surface area contributed by atoms with Gasteiger partial charge < -0.3 is 14.5 Å². The number of morpholine rings is 1. The van der Waals surface area contributed by atoms with Crippen LogP contribution in [0.1, 0.15) is 12.8 Å². The lowest BCUT2D eigenvalue weighted by Gasteiger charge is -2.35. The van der Waals surface area contributed by atoms with Crippen LogP contribution in [-0.2, 0) is 9.53 Å². The maximum absolute atomic E-state index is 12.8. The highest BCUT2D eigenvalue weighted by Crippen LogP contribution is 2.28. The Hall–Kier alpha value is -1.28. The monoisotopic (exact) mass is 317 g/mol. The quantitative estimate of drug-likeness (QED) is 0.849. The largest absolute Gasteiger partial charge is 0.369 e. The summed E-state index contributed by atoms with van der Waals surface area (Å²) in [6.45, 7) is 1.31. The first-order valence-corrected chi connectivity index (χ1v) is 7.89. The molecule has 2 aliphatic rings. The fourth-order valence-corrected chi connectivity index (χ4v) is 3.57. The molecule has 1 aromatic rings. The van der Waals surface area contributed by atoms with Crippen LogP contribution in [0.3, 0.4) is 0 Å². The molecule has 2 fully saturated rings. The van der Waals surface area contributed by atoms with Gasteiger partial charge in [-0.05, 0) is 12.8 Å². The molecule has 0 N–H and O–H groups in total. The number of nitrogens with zero attached hydrogens (tertiary/aromatic N) is 3. The van der Waals surface area contributed by atoms with Crippen LogP contribution < -0.4 is 4.90 Å². The molecule has 5 nitrogen and oxygen atoms in total. The van der Waals surface area contributed by atoms with Crippen LogP contribution in [-0.4, -0.2) is 60.6 Å². The zero-order valence-corrected chi connectivity index (χ0v) is 12.3. The lowest BCUT2D eigenvalue weighted by molar-refractivity contribution is -0.147. The number of rotatable bonds is 3. The third-order valence-electron chi connectivity index (χ3n) is 3.89. The molecular formula is C13H17F2N3O2S. The summed E-state index contributed by atoms with van der Waals surface area (Å²) < 4.78 is 30.5. The third kappa shape index (κ3) is 3.01. The van der Waals surface area contributed by atoms with Gasteiger partial charge in [0.1, 0.15) is 12.1 Å². The van der Waals surface area contributed by atoms with Crippen molar-refractivity contribution >= 4 is 22.4 Å². The minimum atomic E-state index is -2.56. The van der Waals surface area contributed by atoms with Gasteiger partial charge in [0.2, 0.25) is 5.91 Å². The van der Waals surface area contributed by atoms with Crippen molar-refractivity contribution in [3.05, 3.63) is 11.6 Å². The summed E-state index contributed by atoms with van der Waals surface area (Å²) in [5, 5.41) is 2.70. The summed E-state index contributed by atoms with van der Waals surface area (Å²) >= 11 is 1.49. The van der Waals surface area contributed by atoms with Gasteiger partial charge in [-0.1, -0.05) is 0 Å². The zero-order valence-electron chi connectivity index (χ0n) is 11.5. The molecule has 0 aromatic carbocycles. The number of carbonyl (C=O) groups is 1. The van der Waals surface area contributed by atoms with E-state index in [1.165, 1.54) is 16.2 Å². The summed E-state index contributed by atoms with van der Waals surface area (Å²) in [4.78, 5) is 20.4. The molecule has 21 heavy (non-hydrogen) atoms. The topological polar surface area (TPSA) is 45.7 Å². The van der Waals surface area contributed by atoms with Crippen LogP contribution in [0.25, 0.3) is 0 Å². The third-order valence-corrected chi connectivity index (χ3v) is 4.70. The maximum Gasteiger partial charge on any atom is 0.266 e. The lowest BCUT2D eigenvalue weighted by atomic mass is 10.1. The van der Waals surface area contributed by atoms with Crippen molar-refractivity contribution in [2.24, 2.45) is 0 Å². The maximum atomic E-state index is 12.8.